The molecule has 0 N–H and O–H groups in total. The Kier molecular flexibility index (Phi) is 4.26. The number of thiazole rings is 1. The maximum Gasteiger partial charge on any atom is 0.124 e. The first-order valence-corrected chi connectivity index (χ1v) is 12.2. The molecule has 34 heavy (non-hydrogen) atoms. The van der Waals surface area contributed by atoms with Crippen LogP contribution in [0.1, 0.15) is 22.4 Å². The van der Waals surface area contributed by atoms with Gasteiger partial charge >= 0.3 is 0 Å². The smallest absolute Gasteiger partial charge is 0.124 e. The first-order chi connectivity index (χ1) is 16.9. The van der Waals surface area contributed by atoms with Gasteiger partial charge in [-0.1, -0.05) is 84.9 Å². The quantitative estimate of drug-likeness (QED) is 0.274. The molecule has 0 fully saturated rings. The van der Waals surface area contributed by atoms with Gasteiger partial charge in [0.25, 0.3) is 0 Å². The lowest BCUT2D eigenvalue weighted by Gasteiger charge is -2.32. The van der Waals surface area contributed by atoms with E-state index in [9.17, 15) is 0 Å². The summed E-state index contributed by atoms with van der Waals surface area (Å²) in [4.78, 5) is 9.88. The van der Waals surface area contributed by atoms with E-state index in [2.05, 4.69) is 103 Å². The predicted octanol–water partition coefficient (Wildman–Crippen LogP) is 7.72. The molecule has 6 aromatic rings. The van der Waals surface area contributed by atoms with E-state index in [1.165, 1.54) is 32.5 Å². The molecule has 1 atom stereocenters. The maximum atomic E-state index is 4.95. The zero-order valence-corrected chi connectivity index (χ0v) is 19.2. The highest BCUT2D eigenvalue weighted by Crippen LogP contribution is 2.56. The van der Waals surface area contributed by atoms with E-state index in [0.29, 0.717) is 0 Å². The first kappa shape index (κ1) is 19.4. The molecule has 0 spiro atoms. The summed E-state index contributed by atoms with van der Waals surface area (Å²) in [5.41, 5.74) is 9.02. The summed E-state index contributed by atoms with van der Waals surface area (Å²) >= 11 is 1.74. The summed E-state index contributed by atoms with van der Waals surface area (Å²) in [6.45, 7) is 0. The largest absolute Gasteiger partial charge is 0.260 e. The van der Waals surface area contributed by atoms with Gasteiger partial charge in [-0.25, -0.2) is 4.98 Å². The van der Waals surface area contributed by atoms with Crippen LogP contribution in [0.4, 0.5) is 0 Å². The van der Waals surface area contributed by atoms with Gasteiger partial charge in [-0.15, -0.1) is 11.3 Å². The molecule has 0 saturated carbocycles. The Labute approximate surface area is 202 Å². The summed E-state index contributed by atoms with van der Waals surface area (Å²) < 4.78 is 1.21. The van der Waals surface area contributed by atoms with Gasteiger partial charge in [-0.3, -0.25) is 4.98 Å². The minimum absolute atomic E-state index is 0.485. The van der Waals surface area contributed by atoms with E-state index in [4.69, 9.17) is 9.97 Å². The number of aromatic nitrogens is 2. The van der Waals surface area contributed by atoms with Gasteiger partial charge in [0.15, 0.2) is 0 Å². The average molecular weight is 453 g/mol. The highest BCUT2D eigenvalue weighted by molar-refractivity contribution is 7.21. The van der Waals surface area contributed by atoms with Gasteiger partial charge in [0.05, 0.1) is 21.3 Å². The van der Waals surface area contributed by atoms with Crippen molar-refractivity contribution in [1.82, 2.24) is 9.97 Å². The van der Waals surface area contributed by atoms with Crippen LogP contribution in [0.2, 0.25) is 0 Å². The Balaban J connectivity index is 1.57. The monoisotopic (exact) mass is 452 g/mol. The number of fused-ring (bicyclic) bond motifs is 4. The summed E-state index contributed by atoms with van der Waals surface area (Å²) in [6.07, 6.45) is 1.90. The van der Waals surface area contributed by atoms with E-state index >= 15 is 0 Å². The topological polar surface area (TPSA) is 25.8 Å². The lowest BCUT2D eigenvalue weighted by molar-refractivity contribution is 0.735. The van der Waals surface area contributed by atoms with Crippen LogP contribution >= 0.6 is 11.3 Å². The molecule has 0 amide bonds. The summed E-state index contributed by atoms with van der Waals surface area (Å²) in [5, 5.41) is 1.04. The van der Waals surface area contributed by atoms with Crippen LogP contribution in [-0.2, 0) is 5.41 Å². The molecule has 3 heteroatoms. The van der Waals surface area contributed by atoms with Gasteiger partial charge in [-0.05, 0) is 58.1 Å². The normalized spacial score (nSPS) is 16.4. The second kappa shape index (κ2) is 7.47. The summed E-state index contributed by atoms with van der Waals surface area (Å²) in [5.74, 6) is 0. The third-order valence-electron chi connectivity index (χ3n) is 6.84. The molecule has 2 heterocycles. The number of pyridine rings is 1. The van der Waals surface area contributed by atoms with E-state index in [-0.39, 0.29) is 0 Å². The van der Waals surface area contributed by atoms with Crippen molar-refractivity contribution < 1.29 is 0 Å². The fourth-order valence-corrected chi connectivity index (χ4v) is 6.38. The van der Waals surface area contributed by atoms with Crippen molar-refractivity contribution in [3.63, 3.8) is 0 Å². The van der Waals surface area contributed by atoms with Crippen molar-refractivity contribution in [2.24, 2.45) is 0 Å². The van der Waals surface area contributed by atoms with Crippen molar-refractivity contribution in [2.75, 3.05) is 0 Å². The third-order valence-corrected chi connectivity index (χ3v) is 7.93. The molecule has 1 unspecified atom stereocenters. The SMILES string of the molecule is c1ccc(C2(c3ccccn3)c3ccccc3-c3ccc(-c4nc5ccccc5s4)cc32)cc1. The Morgan fingerprint density at radius 2 is 1.38 bits per heavy atom. The lowest BCUT2D eigenvalue weighted by atomic mass is 9.69. The first-order valence-electron chi connectivity index (χ1n) is 11.4. The molecule has 1 aliphatic carbocycles. The van der Waals surface area contributed by atoms with Gasteiger partial charge in [0, 0.05) is 11.8 Å². The molecular weight excluding hydrogens is 432 g/mol. The number of nitrogens with zero attached hydrogens (tertiary/aromatic N) is 2. The number of hydrogen-bond acceptors (Lipinski definition) is 3. The Bertz CT molecular complexity index is 1580. The van der Waals surface area contributed by atoms with Crippen molar-refractivity contribution in [1.29, 1.82) is 0 Å². The molecular formula is C31H20N2S. The second-order valence-corrected chi connectivity index (χ2v) is 9.65. The Hall–Kier alpha value is -4.08. The number of rotatable bonds is 3. The van der Waals surface area contributed by atoms with Gasteiger partial charge in [0.1, 0.15) is 5.01 Å². The summed E-state index contributed by atoms with van der Waals surface area (Å²) in [7, 11) is 0. The average Bonchev–Trinajstić information content (AvgIpc) is 3.47. The van der Waals surface area contributed by atoms with E-state index in [1.54, 1.807) is 11.3 Å². The standard InChI is InChI=1S/C31H20N2S/c1-2-10-22(11-3-1)31(29-16-8-9-19-32-29)25-13-5-4-12-23(25)24-18-17-21(20-26(24)31)30-33-27-14-6-7-15-28(27)34-30/h1-20H. The molecule has 0 aliphatic heterocycles. The third kappa shape index (κ3) is 2.68. The fraction of sp³-hybridized carbons (Fsp3) is 0.0323. The van der Waals surface area contributed by atoms with Gasteiger partial charge < -0.3 is 0 Å². The zero-order chi connectivity index (χ0) is 22.5. The molecule has 2 nitrogen and oxygen atoms in total. The van der Waals surface area contributed by atoms with Crippen molar-refractivity contribution in [3.05, 3.63) is 144 Å². The van der Waals surface area contributed by atoms with E-state index < -0.39 is 5.41 Å². The molecule has 0 radical (unpaired) electrons. The van der Waals surface area contributed by atoms with Crippen LogP contribution in [0.25, 0.3) is 31.9 Å². The van der Waals surface area contributed by atoms with Crippen LogP contribution in [-0.4, -0.2) is 9.97 Å². The molecule has 0 saturated heterocycles. The summed E-state index contributed by atoms with van der Waals surface area (Å²) in [6, 6.07) is 40.9. The molecule has 1 aliphatic rings. The fourth-order valence-electron chi connectivity index (χ4n) is 5.42. The van der Waals surface area contributed by atoms with E-state index in [0.717, 1.165) is 21.8 Å². The maximum absolute atomic E-state index is 4.95. The number of hydrogen-bond donors (Lipinski definition) is 0. The number of benzene rings is 4. The van der Waals surface area contributed by atoms with Gasteiger partial charge in [0.2, 0.25) is 0 Å². The second-order valence-electron chi connectivity index (χ2n) is 8.62. The Morgan fingerprint density at radius 3 is 2.24 bits per heavy atom. The molecule has 160 valence electrons. The Morgan fingerprint density at radius 1 is 0.618 bits per heavy atom. The molecule has 0 bridgehead atoms. The van der Waals surface area contributed by atoms with Crippen molar-refractivity contribution in [2.45, 2.75) is 5.41 Å². The van der Waals surface area contributed by atoms with Gasteiger partial charge in [-0.2, -0.15) is 0 Å². The van der Waals surface area contributed by atoms with Crippen molar-refractivity contribution >= 4 is 21.6 Å². The van der Waals surface area contributed by atoms with Crippen molar-refractivity contribution in [3.8, 4) is 21.7 Å². The minimum atomic E-state index is -0.485. The minimum Gasteiger partial charge on any atom is -0.260 e. The van der Waals surface area contributed by atoms with E-state index in [1.807, 2.05) is 18.3 Å². The predicted molar refractivity (Wildman–Crippen MR) is 140 cm³/mol. The molecule has 2 aromatic heterocycles. The van der Waals surface area contributed by atoms with Crippen LogP contribution < -0.4 is 0 Å². The highest BCUT2D eigenvalue weighted by atomic mass is 32.1. The van der Waals surface area contributed by atoms with Crippen LogP contribution in [0, 0.1) is 0 Å². The highest BCUT2D eigenvalue weighted by Gasteiger charge is 2.47. The van der Waals surface area contributed by atoms with Crippen LogP contribution in [0.15, 0.2) is 121 Å². The number of para-hydroxylation sites is 1. The lowest BCUT2D eigenvalue weighted by Crippen LogP contribution is -2.29. The van der Waals surface area contributed by atoms with Crippen LogP contribution in [0.3, 0.4) is 0 Å². The molecule has 4 aromatic carbocycles. The van der Waals surface area contributed by atoms with Crippen LogP contribution in [0.5, 0.6) is 0 Å². The zero-order valence-electron chi connectivity index (χ0n) is 18.3. The molecule has 7 rings (SSSR count).